The van der Waals surface area contributed by atoms with Gasteiger partial charge in [-0.05, 0) is 54.9 Å². The van der Waals surface area contributed by atoms with E-state index in [-0.39, 0.29) is 29.7 Å². The van der Waals surface area contributed by atoms with Crippen LogP contribution in [0.5, 0.6) is 5.75 Å². The number of nitrogens with one attached hydrogen (secondary N) is 2. The minimum Gasteiger partial charge on any atom is -0.490 e. The zero-order valence-electron chi connectivity index (χ0n) is 16.9. The number of nitrogens with zero attached hydrogens (tertiary/aromatic N) is 3. The van der Waals surface area contributed by atoms with Gasteiger partial charge in [0.1, 0.15) is 11.6 Å². The van der Waals surface area contributed by atoms with E-state index in [0.29, 0.717) is 28.5 Å². The molecule has 11 heteroatoms. The van der Waals surface area contributed by atoms with Crippen molar-refractivity contribution in [2.75, 3.05) is 5.32 Å². The summed E-state index contributed by atoms with van der Waals surface area (Å²) >= 11 is 0. The maximum absolute atomic E-state index is 13.6. The van der Waals surface area contributed by atoms with E-state index in [1.807, 2.05) is 4.98 Å². The van der Waals surface area contributed by atoms with Gasteiger partial charge in [-0.2, -0.15) is 13.2 Å². The number of alkyl halides is 3. The second-order valence-electron chi connectivity index (χ2n) is 8.38. The Morgan fingerprint density at radius 1 is 1.22 bits per heavy atom. The molecule has 0 radical (unpaired) electrons. The van der Waals surface area contributed by atoms with Crippen LogP contribution in [0.2, 0.25) is 0 Å². The smallest absolute Gasteiger partial charge is 0.451 e. The lowest BCUT2D eigenvalue weighted by Crippen LogP contribution is -2.26. The Morgan fingerprint density at radius 2 is 1.97 bits per heavy atom. The van der Waals surface area contributed by atoms with Crippen LogP contribution < -0.4 is 10.1 Å². The molecular weight excluding hydrogens is 430 g/mol. The molecule has 5 rings (SSSR count). The highest BCUT2D eigenvalue weighted by atomic mass is 19.4. The van der Waals surface area contributed by atoms with E-state index in [2.05, 4.69) is 20.5 Å². The molecule has 2 heterocycles. The number of aromatic amines is 1. The monoisotopic (exact) mass is 449 g/mol. The second-order valence-corrected chi connectivity index (χ2v) is 8.38. The van der Waals surface area contributed by atoms with Crippen LogP contribution in [0.15, 0.2) is 30.5 Å². The lowest BCUT2D eigenvalue weighted by atomic mass is 9.97. The molecule has 2 fully saturated rings. The fraction of sp³-hybridized carbons (Fsp3) is 0.429. The number of pyridine rings is 1. The first-order valence-corrected chi connectivity index (χ1v) is 10.2. The van der Waals surface area contributed by atoms with Crippen molar-refractivity contribution in [1.82, 2.24) is 20.2 Å². The number of halogens is 4. The molecule has 5 atom stereocenters. The van der Waals surface area contributed by atoms with Gasteiger partial charge in [0.25, 0.3) is 0 Å². The standard InChI is InChI=1S/C21H19F4N5O2/c1-9(18(31)27-20-28-19(29-30-20)21(23,24)25)17-12-7-11(8-13(12)17)32-16-4-5-26-15-3-2-10(22)6-14(15)16/h2-6,9,11-13,17H,7-8H2,1H3,(H2,27,28,29,30,31)/t9?,11-,12+,13-,17-. The van der Waals surface area contributed by atoms with E-state index in [0.717, 1.165) is 12.8 Å². The van der Waals surface area contributed by atoms with Gasteiger partial charge in [-0.25, -0.2) is 4.39 Å². The maximum Gasteiger partial charge on any atom is 0.451 e. The minimum atomic E-state index is -4.66. The Bertz CT molecular complexity index is 1170. The van der Waals surface area contributed by atoms with Crippen molar-refractivity contribution in [3.05, 3.63) is 42.1 Å². The van der Waals surface area contributed by atoms with Crippen LogP contribution in [0.25, 0.3) is 10.9 Å². The Hall–Kier alpha value is -3.24. The summed E-state index contributed by atoms with van der Waals surface area (Å²) in [6, 6.07) is 6.07. The van der Waals surface area contributed by atoms with Gasteiger partial charge in [0.2, 0.25) is 17.7 Å². The van der Waals surface area contributed by atoms with Crippen molar-refractivity contribution in [1.29, 1.82) is 0 Å². The van der Waals surface area contributed by atoms with Crippen LogP contribution in [0, 0.1) is 29.5 Å². The Labute approximate surface area is 179 Å². The summed E-state index contributed by atoms with van der Waals surface area (Å²) in [5.41, 5.74) is 0.649. The summed E-state index contributed by atoms with van der Waals surface area (Å²) < 4.78 is 57.6. The number of hydrogen-bond acceptors (Lipinski definition) is 5. The molecule has 1 amide bonds. The molecule has 1 unspecified atom stereocenters. The highest BCUT2D eigenvalue weighted by Gasteiger charge is 2.59. The summed E-state index contributed by atoms with van der Waals surface area (Å²) in [4.78, 5) is 18.7. The first-order chi connectivity index (χ1) is 15.2. The third-order valence-electron chi connectivity index (χ3n) is 6.41. The Kier molecular flexibility index (Phi) is 4.79. The van der Waals surface area contributed by atoms with E-state index >= 15 is 0 Å². The highest BCUT2D eigenvalue weighted by molar-refractivity contribution is 5.91. The summed E-state index contributed by atoms with van der Waals surface area (Å²) in [7, 11) is 0. The first-order valence-electron chi connectivity index (χ1n) is 10.2. The van der Waals surface area contributed by atoms with Gasteiger partial charge in [-0.3, -0.25) is 15.1 Å². The SMILES string of the molecule is CC(C(=O)Nc1nnc(C(F)(F)F)[nH]1)[C@H]1[C@@H]2C[C@H](Oc3ccnc4ccc(F)cc34)C[C@@H]21. The van der Waals surface area contributed by atoms with Crippen LogP contribution in [-0.2, 0) is 11.0 Å². The summed E-state index contributed by atoms with van der Waals surface area (Å²) in [6.45, 7) is 1.76. The average molecular weight is 449 g/mol. The van der Waals surface area contributed by atoms with E-state index in [1.54, 1.807) is 25.3 Å². The topological polar surface area (TPSA) is 92.8 Å². The van der Waals surface area contributed by atoms with Crippen LogP contribution in [-0.4, -0.2) is 32.2 Å². The second kappa shape index (κ2) is 7.42. The maximum atomic E-state index is 13.6. The zero-order valence-corrected chi connectivity index (χ0v) is 16.9. The fourth-order valence-corrected chi connectivity index (χ4v) is 4.91. The molecule has 2 N–H and O–H groups in total. The molecule has 0 bridgehead atoms. The quantitative estimate of drug-likeness (QED) is 0.570. The van der Waals surface area contributed by atoms with Gasteiger partial charge in [-0.1, -0.05) is 6.92 Å². The van der Waals surface area contributed by atoms with Crippen LogP contribution in [0.4, 0.5) is 23.5 Å². The third-order valence-corrected chi connectivity index (χ3v) is 6.41. The molecule has 1 aromatic carbocycles. The molecule has 0 spiro atoms. The van der Waals surface area contributed by atoms with Gasteiger partial charge in [-0.15, -0.1) is 10.2 Å². The normalized spacial score (nSPS) is 25.4. The van der Waals surface area contributed by atoms with Gasteiger partial charge < -0.3 is 9.72 Å². The predicted octanol–water partition coefficient (Wildman–Crippen LogP) is 4.19. The van der Waals surface area contributed by atoms with Crippen molar-refractivity contribution < 1.29 is 27.1 Å². The van der Waals surface area contributed by atoms with Crippen LogP contribution in [0.3, 0.4) is 0 Å². The molecule has 2 aromatic heterocycles. The molecule has 2 saturated carbocycles. The number of H-pyrrole nitrogens is 1. The van der Waals surface area contributed by atoms with Crippen LogP contribution >= 0.6 is 0 Å². The molecule has 2 aliphatic carbocycles. The third kappa shape index (κ3) is 3.76. The van der Waals surface area contributed by atoms with Crippen molar-refractivity contribution in [3.63, 3.8) is 0 Å². The van der Waals surface area contributed by atoms with Crippen LogP contribution in [0.1, 0.15) is 25.6 Å². The Morgan fingerprint density at radius 3 is 2.66 bits per heavy atom. The summed E-state index contributed by atoms with van der Waals surface area (Å²) in [5.74, 6) is -1.43. The number of carbonyl (C=O) groups is 1. The molecule has 3 aromatic rings. The van der Waals surface area contributed by atoms with Crippen molar-refractivity contribution in [3.8, 4) is 5.75 Å². The number of amides is 1. The molecule has 7 nitrogen and oxygen atoms in total. The highest BCUT2D eigenvalue weighted by Crippen LogP contribution is 2.61. The summed E-state index contributed by atoms with van der Waals surface area (Å²) in [6.07, 6.45) is -1.57. The number of rotatable bonds is 5. The van der Waals surface area contributed by atoms with Crippen molar-refractivity contribution in [2.24, 2.45) is 23.7 Å². The lowest BCUT2D eigenvalue weighted by molar-refractivity contribution is -0.144. The predicted molar refractivity (Wildman–Crippen MR) is 105 cm³/mol. The number of ether oxygens (including phenoxy) is 1. The average Bonchev–Trinajstić information content (AvgIpc) is 3.08. The molecule has 2 aliphatic rings. The van der Waals surface area contributed by atoms with Gasteiger partial charge >= 0.3 is 6.18 Å². The lowest BCUT2D eigenvalue weighted by Gasteiger charge is -2.20. The number of benzene rings is 1. The number of aromatic nitrogens is 4. The van der Waals surface area contributed by atoms with Crippen molar-refractivity contribution >= 4 is 22.8 Å². The minimum absolute atomic E-state index is 0.0472. The van der Waals surface area contributed by atoms with E-state index < -0.39 is 17.9 Å². The largest absolute Gasteiger partial charge is 0.490 e. The molecule has 0 saturated heterocycles. The van der Waals surface area contributed by atoms with Gasteiger partial charge in [0.05, 0.1) is 11.6 Å². The van der Waals surface area contributed by atoms with Crippen molar-refractivity contribution in [2.45, 2.75) is 32.0 Å². The molecule has 32 heavy (non-hydrogen) atoms. The first kappa shape index (κ1) is 20.7. The number of hydrogen-bond donors (Lipinski definition) is 2. The molecule has 168 valence electrons. The van der Waals surface area contributed by atoms with E-state index in [1.165, 1.54) is 12.1 Å². The summed E-state index contributed by atoms with van der Waals surface area (Å²) in [5, 5.41) is 9.34. The van der Waals surface area contributed by atoms with Gasteiger partial charge in [0.15, 0.2) is 0 Å². The number of fused-ring (bicyclic) bond motifs is 2. The number of anilines is 1. The zero-order chi connectivity index (χ0) is 22.6. The van der Waals surface area contributed by atoms with E-state index in [4.69, 9.17) is 4.74 Å². The van der Waals surface area contributed by atoms with Gasteiger partial charge in [0, 0.05) is 17.5 Å². The molecular formula is C21H19F4N5O2. The fourth-order valence-electron chi connectivity index (χ4n) is 4.91. The Balaban J connectivity index is 1.18. The number of carbonyl (C=O) groups excluding carboxylic acids is 1. The van der Waals surface area contributed by atoms with E-state index in [9.17, 15) is 22.4 Å². The molecule has 0 aliphatic heterocycles.